The number of nitrogens with zero attached hydrogens (tertiary/aromatic N) is 6. The van der Waals surface area contributed by atoms with E-state index >= 15 is 0 Å². The van der Waals surface area contributed by atoms with Crippen LogP contribution in [0.25, 0.3) is 5.52 Å². The maximum Gasteiger partial charge on any atom is 0.409 e. The summed E-state index contributed by atoms with van der Waals surface area (Å²) in [7, 11) is 2.98. The number of methoxy groups -OCH3 is 2. The van der Waals surface area contributed by atoms with E-state index in [2.05, 4.69) is 35.9 Å². The molecule has 0 aliphatic carbocycles. The molecule has 4 N–H and O–H groups in total. The lowest BCUT2D eigenvalue weighted by Crippen LogP contribution is -2.52. The summed E-state index contributed by atoms with van der Waals surface area (Å²) >= 11 is 0. The number of nitrogens with one attached hydrogen (secondary N) is 2. The molecule has 0 unspecified atom stereocenters. The van der Waals surface area contributed by atoms with Gasteiger partial charge in [0, 0.05) is 36.8 Å². The summed E-state index contributed by atoms with van der Waals surface area (Å²) in [5, 5.41) is 22.5. The Morgan fingerprint density at radius 1 is 1.18 bits per heavy atom. The molecule has 0 spiro atoms. The number of amidine groups is 1. The van der Waals surface area contributed by atoms with Crippen molar-refractivity contribution in [3.63, 3.8) is 0 Å². The lowest BCUT2D eigenvalue weighted by Gasteiger charge is -2.34. The number of pyridine rings is 1. The number of likely N-dealkylation sites (tertiary alicyclic amines) is 1. The van der Waals surface area contributed by atoms with Crippen LogP contribution in [-0.2, 0) is 9.47 Å². The molecule has 200 valence electrons. The first-order valence-electron chi connectivity index (χ1n) is 12.0. The van der Waals surface area contributed by atoms with Crippen molar-refractivity contribution in [3.8, 4) is 0 Å². The zero-order valence-electron chi connectivity index (χ0n) is 21.8. The Bertz CT molecular complexity index is 1390. The van der Waals surface area contributed by atoms with E-state index in [9.17, 15) is 9.59 Å². The molecule has 38 heavy (non-hydrogen) atoms. The third kappa shape index (κ3) is 5.72. The van der Waals surface area contributed by atoms with Crippen LogP contribution in [0, 0.1) is 13.8 Å². The number of rotatable bonds is 9. The smallest absolute Gasteiger partial charge is 0.409 e. The predicted octanol–water partition coefficient (Wildman–Crippen LogP) is 2.78. The van der Waals surface area contributed by atoms with Crippen LogP contribution in [0.5, 0.6) is 0 Å². The van der Waals surface area contributed by atoms with Gasteiger partial charge in [-0.15, -0.1) is 5.10 Å². The number of aryl methyl sites for hydroxylation is 2. The van der Waals surface area contributed by atoms with Gasteiger partial charge < -0.3 is 30.7 Å². The average molecular weight is 522 g/mol. The highest BCUT2D eigenvalue weighted by molar-refractivity contribution is 6.10. The van der Waals surface area contributed by atoms with Gasteiger partial charge in [0.2, 0.25) is 0 Å². The van der Waals surface area contributed by atoms with Crippen LogP contribution in [-0.4, -0.2) is 78.9 Å². The molecule has 0 bridgehead atoms. The number of hydrogen-bond acceptors (Lipinski definition) is 8. The van der Waals surface area contributed by atoms with Crippen LogP contribution >= 0.6 is 0 Å². The molecule has 1 saturated heterocycles. The first-order chi connectivity index (χ1) is 18.3. The summed E-state index contributed by atoms with van der Waals surface area (Å²) in [6.07, 6.45) is 2.96. The number of ether oxygens (including phenoxy) is 2. The summed E-state index contributed by atoms with van der Waals surface area (Å²) in [6.45, 7) is 5.87. The lowest BCUT2D eigenvalue weighted by atomic mass is 10.1. The topological polar surface area (TPSA) is 160 Å². The number of carbonyl (C=O) groups is 2. The van der Waals surface area contributed by atoms with Crippen molar-refractivity contribution in [1.82, 2.24) is 14.5 Å². The van der Waals surface area contributed by atoms with Gasteiger partial charge in [0.1, 0.15) is 6.04 Å². The van der Waals surface area contributed by atoms with Crippen molar-refractivity contribution in [2.75, 3.05) is 51.1 Å². The molecule has 13 nitrogen and oxygen atoms in total. The first kappa shape index (κ1) is 26.5. The Hall–Kier alpha value is -4.52. The van der Waals surface area contributed by atoms with Crippen molar-refractivity contribution in [2.24, 2.45) is 21.2 Å². The molecule has 4 rings (SSSR count). The van der Waals surface area contributed by atoms with E-state index in [1.807, 2.05) is 32.2 Å². The number of anilines is 2. The zero-order valence-corrected chi connectivity index (χ0v) is 21.8. The fraction of sp³-hybridized carbons (Fsp3) is 0.360. The molecule has 0 atom stereocenters. The molecular formula is C25H31N9O4. The normalized spacial score (nSPS) is 14.1. The van der Waals surface area contributed by atoms with E-state index in [0.29, 0.717) is 48.6 Å². The van der Waals surface area contributed by atoms with Crippen LogP contribution in [0.1, 0.15) is 27.0 Å². The molecule has 1 aliphatic heterocycles. The Morgan fingerprint density at radius 3 is 2.71 bits per heavy atom. The summed E-state index contributed by atoms with van der Waals surface area (Å²) in [5.41, 5.74) is 11.1. The molecule has 13 heteroatoms. The highest BCUT2D eigenvalue weighted by Crippen LogP contribution is 2.25. The molecule has 0 saturated carbocycles. The van der Waals surface area contributed by atoms with Gasteiger partial charge in [-0.3, -0.25) is 4.79 Å². The SMILES string of the molecule is COCCNc1ccn2ncc(C(=O)Nc3cc(/C(N)=N/N=NC4CN(C(=O)OC)C4)ccc3C)c2c1C. The van der Waals surface area contributed by atoms with Crippen LogP contribution in [0.15, 0.2) is 52.1 Å². The molecule has 1 aromatic carbocycles. The second kappa shape index (κ2) is 11.7. The molecule has 1 fully saturated rings. The van der Waals surface area contributed by atoms with Crippen molar-refractivity contribution in [2.45, 2.75) is 19.9 Å². The molecule has 3 heterocycles. The van der Waals surface area contributed by atoms with E-state index < -0.39 is 6.09 Å². The Labute approximate surface area is 219 Å². The quantitative estimate of drug-likeness (QED) is 0.128. The number of benzene rings is 1. The minimum absolute atomic E-state index is 0.145. The van der Waals surface area contributed by atoms with Gasteiger partial charge in [0.15, 0.2) is 5.84 Å². The summed E-state index contributed by atoms with van der Waals surface area (Å²) in [4.78, 5) is 26.2. The van der Waals surface area contributed by atoms with Gasteiger partial charge in [-0.05, 0) is 42.3 Å². The first-order valence-corrected chi connectivity index (χ1v) is 12.0. The van der Waals surface area contributed by atoms with E-state index in [0.717, 1.165) is 16.8 Å². The van der Waals surface area contributed by atoms with Gasteiger partial charge >= 0.3 is 6.09 Å². The van der Waals surface area contributed by atoms with E-state index in [-0.39, 0.29) is 17.8 Å². The highest BCUT2D eigenvalue weighted by Gasteiger charge is 2.31. The van der Waals surface area contributed by atoms with Crippen molar-refractivity contribution >= 4 is 34.7 Å². The number of hydrogen-bond donors (Lipinski definition) is 3. The van der Waals surface area contributed by atoms with Crippen LogP contribution in [0.2, 0.25) is 0 Å². The molecular weight excluding hydrogens is 490 g/mol. The third-order valence-corrected chi connectivity index (χ3v) is 6.25. The molecule has 2 amide bonds. The summed E-state index contributed by atoms with van der Waals surface area (Å²) < 4.78 is 11.4. The fourth-order valence-corrected chi connectivity index (χ4v) is 4.01. The third-order valence-electron chi connectivity index (χ3n) is 6.25. The van der Waals surface area contributed by atoms with Gasteiger partial charge in [0.05, 0.1) is 44.1 Å². The van der Waals surface area contributed by atoms with Crippen molar-refractivity contribution in [3.05, 3.63) is 58.9 Å². The molecule has 3 aromatic rings. The summed E-state index contributed by atoms with van der Waals surface area (Å²) in [6, 6.07) is 7.13. The fourth-order valence-electron chi connectivity index (χ4n) is 4.01. The van der Waals surface area contributed by atoms with Crippen LogP contribution < -0.4 is 16.4 Å². The van der Waals surface area contributed by atoms with Crippen LogP contribution in [0.3, 0.4) is 0 Å². The monoisotopic (exact) mass is 521 g/mol. The van der Waals surface area contributed by atoms with Crippen molar-refractivity contribution in [1.29, 1.82) is 0 Å². The maximum absolute atomic E-state index is 13.3. The van der Waals surface area contributed by atoms with Gasteiger partial charge in [-0.25, -0.2) is 9.31 Å². The number of nitrogens with two attached hydrogens (primary N) is 1. The molecule has 0 radical (unpaired) electrons. The molecule has 1 aliphatic rings. The second-order valence-electron chi connectivity index (χ2n) is 8.83. The number of carbonyl (C=O) groups excluding carboxylic acids is 2. The second-order valence-corrected chi connectivity index (χ2v) is 8.83. The Balaban J connectivity index is 1.47. The zero-order chi connectivity index (χ0) is 27.2. The lowest BCUT2D eigenvalue weighted by molar-refractivity contribution is 0.0881. The number of fused-ring (bicyclic) bond motifs is 1. The van der Waals surface area contributed by atoms with Crippen LogP contribution in [0.4, 0.5) is 16.2 Å². The summed E-state index contributed by atoms with van der Waals surface area (Å²) in [5.74, 6) is -0.153. The van der Waals surface area contributed by atoms with Crippen molar-refractivity contribution < 1.29 is 19.1 Å². The Kier molecular flexibility index (Phi) is 8.16. The minimum Gasteiger partial charge on any atom is -0.453 e. The Morgan fingerprint density at radius 2 is 1.97 bits per heavy atom. The highest BCUT2D eigenvalue weighted by atomic mass is 16.5. The molecule has 2 aromatic heterocycles. The maximum atomic E-state index is 13.3. The standard InChI is InChI=1S/C25H31N9O4/c1-15-5-6-17(23(26)31-32-30-18-13-33(14-18)25(36)38-4)11-21(15)29-24(35)19-12-28-34-9-7-20(16(2)22(19)34)27-8-10-37-3/h5-7,9,11-12,18,27H,8,10,13-14H2,1-4H3,(H,29,35)(H2,26,30,31). The number of aromatic nitrogens is 2. The van der Waals surface area contributed by atoms with Gasteiger partial charge in [0.25, 0.3) is 5.91 Å². The van der Waals surface area contributed by atoms with E-state index in [4.69, 9.17) is 10.5 Å². The largest absolute Gasteiger partial charge is 0.453 e. The van der Waals surface area contributed by atoms with Gasteiger partial charge in [-0.2, -0.15) is 10.2 Å². The van der Waals surface area contributed by atoms with E-state index in [1.165, 1.54) is 12.0 Å². The van der Waals surface area contributed by atoms with E-state index in [1.54, 1.807) is 30.0 Å². The predicted molar refractivity (Wildman–Crippen MR) is 143 cm³/mol. The average Bonchev–Trinajstić information content (AvgIpc) is 3.33. The van der Waals surface area contributed by atoms with Gasteiger partial charge in [-0.1, -0.05) is 12.1 Å². The number of amides is 2. The minimum atomic E-state index is -0.396.